The number of piperazine rings is 1. The Morgan fingerprint density at radius 3 is 2.62 bits per heavy atom. The third-order valence-corrected chi connectivity index (χ3v) is 4.81. The van der Waals surface area contributed by atoms with Gasteiger partial charge in [0.1, 0.15) is 18.0 Å². The number of nitrogens with one attached hydrogen (secondary N) is 1. The highest BCUT2D eigenvalue weighted by atomic mass is 16.5. The topological polar surface area (TPSA) is 43.2 Å². The van der Waals surface area contributed by atoms with Crippen LogP contribution in [0.1, 0.15) is 11.1 Å². The zero-order valence-electron chi connectivity index (χ0n) is 15.5. The molecule has 0 atom stereocenters. The Labute approximate surface area is 155 Å². The van der Waals surface area contributed by atoms with Gasteiger partial charge in [0.15, 0.2) is 6.61 Å². The van der Waals surface area contributed by atoms with Gasteiger partial charge in [-0.3, -0.25) is 4.79 Å². The molecule has 5 heteroatoms. The summed E-state index contributed by atoms with van der Waals surface area (Å²) in [5.41, 5.74) is 2.34. The Balaban J connectivity index is 1.46. The third-order valence-electron chi connectivity index (χ3n) is 4.81. The smallest absolute Gasteiger partial charge is 0.260 e. The van der Waals surface area contributed by atoms with Crippen LogP contribution in [0.15, 0.2) is 48.5 Å². The van der Waals surface area contributed by atoms with Crippen molar-refractivity contribution < 1.29 is 19.2 Å². The normalized spacial score (nSPS) is 14.9. The first kappa shape index (κ1) is 18.3. The second-order valence-corrected chi connectivity index (χ2v) is 6.72. The number of methoxy groups -OCH3 is 1. The molecule has 0 spiro atoms. The number of hydrogen-bond acceptors (Lipinski definition) is 3. The first-order valence-electron chi connectivity index (χ1n) is 9.08. The van der Waals surface area contributed by atoms with Gasteiger partial charge in [-0.2, -0.15) is 0 Å². The summed E-state index contributed by atoms with van der Waals surface area (Å²) in [6, 6.07) is 15.9. The van der Waals surface area contributed by atoms with Gasteiger partial charge in [0.25, 0.3) is 5.91 Å². The molecule has 3 rings (SSSR count). The number of carbonyl (C=O) groups is 1. The van der Waals surface area contributed by atoms with Crippen LogP contribution in [0.2, 0.25) is 0 Å². The van der Waals surface area contributed by atoms with E-state index in [1.807, 2.05) is 54.3 Å². The molecule has 1 aliphatic rings. The van der Waals surface area contributed by atoms with Gasteiger partial charge in [-0.05, 0) is 36.8 Å². The average Bonchev–Trinajstić information content (AvgIpc) is 2.67. The molecular weight excluding hydrogens is 328 g/mol. The molecular formula is C21H27N2O3+. The molecule has 138 valence electrons. The number of ether oxygens (including phenoxy) is 2. The van der Waals surface area contributed by atoms with Gasteiger partial charge in [-0.1, -0.05) is 24.3 Å². The lowest BCUT2D eigenvalue weighted by atomic mass is 10.1. The van der Waals surface area contributed by atoms with Crippen LogP contribution in [0.3, 0.4) is 0 Å². The van der Waals surface area contributed by atoms with Crippen LogP contribution in [0.4, 0.5) is 0 Å². The maximum absolute atomic E-state index is 12.4. The third kappa shape index (κ3) is 4.76. The molecule has 0 aliphatic carbocycles. The Hall–Kier alpha value is -2.53. The molecule has 26 heavy (non-hydrogen) atoms. The lowest BCUT2D eigenvalue weighted by molar-refractivity contribution is -0.917. The first-order chi connectivity index (χ1) is 12.7. The second kappa shape index (κ2) is 8.72. The average molecular weight is 355 g/mol. The fourth-order valence-corrected chi connectivity index (χ4v) is 3.31. The van der Waals surface area contributed by atoms with Crippen molar-refractivity contribution in [2.45, 2.75) is 13.5 Å². The molecule has 0 bridgehead atoms. The fraction of sp³-hybridized carbons (Fsp3) is 0.381. The monoisotopic (exact) mass is 355 g/mol. The summed E-state index contributed by atoms with van der Waals surface area (Å²) < 4.78 is 11.1. The molecule has 1 fully saturated rings. The van der Waals surface area contributed by atoms with Gasteiger partial charge in [0.05, 0.1) is 33.3 Å². The highest BCUT2D eigenvalue weighted by Crippen LogP contribution is 2.16. The van der Waals surface area contributed by atoms with Crippen molar-refractivity contribution in [2.24, 2.45) is 0 Å². The highest BCUT2D eigenvalue weighted by molar-refractivity contribution is 5.77. The van der Waals surface area contributed by atoms with Gasteiger partial charge < -0.3 is 19.3 Å². The molecule has 5 nitrogen and oxygen atoms in total. The molecule has 1 saturated heterocycles. The number of rotatable bonds is 6. The summed E-state index contributed by atoms with van der Waals surface area (Å²) in [6.45, 7) is 6.44. The number of para-hydroxylation sites is 1. The highest BCUT2D eigenvalue weighted by Gasteiger charge is 2.24. The first-order valence-corrected chi connectivity index (χ1v) is 9.08. The van der Waals surface area contributed by atoms with E-state index in [1.54, 1.807) is 7.11 Å². The molecule has 0 saturated carbocycles. The molecule has 1 amide bonds. The van der Waals surface area contributed by atoms with Gasteiger partial charge in [-0.25, -0.2) is 0 Å². The number of benzene rings is 2. The summed E-state index contributed by atoms with van der Waals surface area (Å²) in [7, 11) is 1.71. The molecule has 1 aliphatic heterocycles. The van der Waals surface area contributed by atoms with Crippen LogP contribution in [0.5, 0.6) is 11.5 Å². The minimum absolute atomic E-state index is 0.0582. The van der Waals surface area contributed by atoms with Gasteiger partial charge in [-0.15, -0.1) is 0 Å². The Morgan fingerprint density at radius 1 is 1.12 bits per heavy atom. The van der Waals surface area contributed by atoms with E-state index in [2.05, 4.69) is 6.07 Å². The fourth-order valence-electron chi connectivity index (χ4n) is 3.31. The van der Waals surface area contributed by atoms with Crippen molar-refractivity contribution >= 4 is 5.91 Å². The quantitative estimate of drug-likeness (QED) is 0.850. The molecule has 2 aromatic rings. The standard InChI is InChI=1S/C21H26N2O3/c1-17-6-5-8-19(14-17)26-16-21(24)23-12-10-22(11-13-23)15-18-7-3-4-9-20(18)25-2/h3-9,14H,10-13,15-16H2,1-2H3/p+1. The molecule has 1 N–H and O–H groups in total. The van der Waals surface area contributed by atoms with Gasteiger partial charge >= 0.3 is 0 Å². The number of aryl methyl sites for hydroxylation is 1. The van der Waals surface area contributed by atoms with Crippen LogP contribution in [0, 0.1) is 6.92 Å². The summed E-state index contributed by atoms with van der Waals surface area (Å²) in [4.78, 5) is 15.8. The molecule has 2 aromatic carbocycles. The van der Waals surface area contributed by atoms with Crippen LogP contribution >= 0.6 is 0 Å². The lowest BCUT2D eigenvalue weighted by Crippen LogP contribution is -3.13. The van der Waals surface area contributed by atoms with Crippen LogP contribution in [-0.2, 0) is 11.3 Å². The van der Waals surface area contributed by atoms with E-state index in [0.29, 0.717) is 0 Å². The number of carbonyl (C=O) groups excluding carboxylic acids is 1. The van der Waals surface area contributed by atoms with E-state index in [4.69, 9.17) is 9.47 Å². The predicted octanol–water partition coefficient (Wildman–Crippen LogP) is 1.31. The van der Waals surface area contributed by atoms with E-state index in [9.17, 15) is 4.79 Å². The van der Waals surface area contributed by atoms with Crippen molar-refractivity contribution in [2.75, 3.05) is 39.9 Å². The maximum Gasteiger partial charge on any atom is 0.260 e. The SMILES string of the molecule is COc1ccccc1C[NH+]1CCN(C(=O)COc2cccc(C)c2)CC1. The minimum atomic E-state index is 0.0582. The number of amides is 1. The largest absolute Gasteiger partial charge is 0.496 e. The molecule has 0 radical (unpaired) electrons. The van der Waals surface area contributed by atoms with Crippen molar-refractivity contribution in [3.05, 3.63) is 59.7 Å². The number of hydrogen-bond donors (Lipinski definition) is 1. The summed E-state index contributed by atoms with van der Waals surface area (Å²) in [5, 5.41) is 0. The van der Waals surface area contributed by atoms with E-state index in [-0.39, 0.29) is 12.5 Å². The Morgan fingerprint density at radius 2 is 1.88 bits per heavy atom. The minimum Gasteiger partial charge on any atom is -0.496 e. The number of quaternary nitrogens is 1. The molecule has 0 unspecified atom stereocenters. The molecule has 1 heterocycles. The van der Waals surface area contributed by atoms with Crippen molar-refractivity contribution in [1.82, 2.24) is 4.90 Å². The van der Waals surface area contributed by atoms with Crippen molar-refractivity contribution in [1.29, 1.82) is 0 Å². The van der Waals surface area contributed by atoms with E-state index >= 15 is 0 Å². The lowest BCUT2D eigenvalue weighted by Gasteiger charge is -2.32. The van der Waals surface area contributed by atoms with Gasteiger partial charge in [0, 0.05) is 5.56 Å². The Kier molecular flexibility index (Phi) is 6.12. The maximum atomic E-state index is 12.4. The van der Waals surface area contributed by atoms with Crippen LogP contribution < -0.4 is 14.4 Å². The van der Waals surface area contributed by atoms with Crippen molar-refractivity contribution in [3.8, 4) is 11.5 Å². The number of nitrogens with zero attached hydrogens (tertiary/aromatic N) is 1. The van der Waals surface area contributed by atoms with E-state index in [1.165, 1.54) is 10.5 Å². The zero-order chi connectivity index (χ0) is 18.4. The zero-order valence-corrected chi connectivity index (χ0v) is 15.5. The van der Waals surface area contributed by atoms with Gasteiger partial charge in [0.2, 0.25) is 0 Å². The summed E-state index contributed by atoms with van der Waals surface area (Å²) in [5.74, 6) is 1.74. The predicted molar refractivity (Wildman–Crippen MR) is 101 cm³/mol. The van der Waals surface area contributed by atoms with Crippen molar-refractivity contribution in [3.63, 3.8) is 0 Å². The Bertz CT molecular complexity index is 740. The second-order valence-electron chi connectivity index (χ2n) is 6.72. The van der Waals surface area contributed by atoms with E-state index in [0.717, 1.165) is 49.8 Å². The van der Waals surface area contributed by atoms with Crippen LogP contribution in [0.25, 0.3) is 0 Å². The van der Waals surface area contributed by atoms with Crippen LogP contribution in [-0.4, -0.2) is 50.7 Å². The van der Waals surface area contributed by atoms with E-state index < -0.39 is 0 Å². The molecule has 0 aromatic heterocycles. The summed E-state index contributed by atoms with van der Waals surface area (Å²) in [6.07, 6.45) is 0. The summed E-state index contributed by atoms with van der Waals surface area (Å²) >= 11 is 0.